The molecule has 1 aliphatic heterocycles. The van der Waals surface area contributed by atoms with Crippen LogP contribution >= 0.6 is 0 Å². The molecule has 5 aliphatic rings. The predicted octanol–water partition coefficient (Wildman–Crippen LogP) is 4.30. The Hall–Kier alpha value is -2.95. The Labute approximate surface area is 216 Å². The monoisotopic (exact) mass is 536 g/mol. The molecule has 2 bridgehead atoms. The zero-order chi connectivity index (χ0) is 27.3. The van der Waals surface area contributed by atoms with Crippen LogP contribution in [0.15, 0.2) is 35.3 Å². The third kappa shape index (κ3) is 3.46. The summed E-state index contributed by atoms with van der Waals surface area (Å²) in [6.07, 6.45) is -3.67. The Bertz CT molecular complexity index is 1350. The lowest BCUT2D eigenvalue weighted by atomic mass is 9.39. The zero-order valence-corrected chi connectivity index (χ0v) is 21.0. The minimum atomic E-state index is -3.00. The largest absolute Gasteiger partial charge is 0.365 e. The number of hydrogen-bond acceptors (Lipinski definition) is 4. The maximum atomic E-state index is 15.3. The van der Waals surface area contributed by atoms with Crippen molar-refractivity contribution in [1.29, 1.82) is 0 Å². The molecule has 1 aromatic carbocycles. The topological polar surface area (TPSA) is 71.6 Å². The molecule has 0 radical (unpaired) electrons. The van der Waals surface area contributed by atoms with Gasteiger partial charge in [0.05, 0.1) is 22.9 Å². The molecule has 2 unspecified atom stereocenters. The molecule has 7 rings (SSSR count). The number of pyridine rings is 1. The second kappa shape index (κ2) is 8.27. The molecule has 5 fully saturated rings. The number of piperidine rings is 1. The average Bonchev–Trinajstić information content (AvgIpc) is 3.25. The van der Waals surface area contributed by atoms with E-state index in [-0.39, 0.29) is 54.0 Å². The third-order valence-corrected chi connectivity index (χ3v) is 9.41. The minimum Gasteiger partial charge on any atom is -0.365 e. The van der Waals surface area contributed by atoms with Crippen molar-refractivity contribution < 1.29 is 26.7 Å². The molecule has 0 spiro atoms. The number of likely N-dealkylation sites (tertiary alicyclic amines) is 1. The highest BCUT2D eigenvalue weighted by Crippen LogP contribution is 2.73. The molecule has 38 heavy (non-hydrogen) atoms. The number of nitrogens with two attached hydrogens (primary N) is 1. The number of anilines is 1. The van der Waals surface area contributed by atoms with Crippen molar-refractivity contribution in [2.75, 3.05) is 25.0 Å². The second-order valence-electron chi connectivity index (χ2n) is 11.7. The Morgan fingerprint density at radius 3 is 2.26 bits per heavy atom. The van der Waals surface area contributed by atoms with Gasteiger partial charge in [0.15, 0.2) is 0 Å². The summed E-state index contributed by atoms with van der Waals surface area (Å²) in [5, 5.41) is 0. The summed E-state index contributed by atoms with van der Waals surface area (Å²) in [5.41, 5.74) is 3.02. The molecule has 2 aromatic rings. The van der Waals surface area contributed by atoms with Crippen molar-refractivity contribution in [2.45, 2.75) is 56.7 Å². The number of amides is 1. The molecule has 11 heteroatoms. The van der Waals surface area contributed by atoms with Gasteiger partial charge in [-0.25, -0.2) is 22.0 Å². The fourth-order valence-corrected chi connectivity index (χ4v) is 7.55. The van der Waals surface area contributed by atoms with Crippen molar-refractivity contribution in [3.63, 3.8) is 0 Å². The van der Waals surface area contributed by atoms with Crippen LogP contribution in [0.5, 0.6) is 0 Å². The molecular weight excluding hydrogens is 507 g/mol. The molecule has 6 nitrogen and oxygen atoms in total. The van der Waals surface area contributed by atoms with Crippen molar-refractivity contribution in [3.8, 4) is 0 Å². The SMILES string of the molecule is C[C@H](c1cccc(C(F)F)c1F)N(c1cc(=O)n(C23CC(C(F)F)(C2)C3)cc1C(N)=O)C1C2CN(C)CC21. The first-order valence-electron chi connectivity index (χ1n) is 12.8. The first kappa shape index (κ1) is 25.3. The maximum absolute atomic E-state index is 15.3. The molecule has 2 N–H and O–H groups in total. The Kier molecular flexibility index (Phi) is 5.52. The van der Waals surface area contributed by atoms with Gasteiger partial charge in [0.25, 0.3) is 17.9 Å². The minimum absolute atomic E-state index is 0.0241. The van der Waals surface area contributed by atoms with Gasteiger partial charge in [0.2, 0.25) is 6.43 Å². The van der Waals surface area contributed by atoms with Crippen molar-refractivity contribution in [1.82, 2.24) is 9.47 Å². The van der Waals surface area contributed by atoms with E-state index in [1.54, 1.807) is 11.8 Å². The molecular formula is C27H29F5N4O2. The third-order valence-electron chi connectivity index (χ3n) is 9.41. The number of aromatic nitrogens is 1. The standard InChI is InChI=1S/C27H29F5N4O2/c1-13(14-4-3-5-15(21(14)28)23(29)30)36(22-16-7-34(2)8-17(16)22)19-6-20(37)35(9-18(19)24(33)38)27-10-26(11-27,12-27)25(31)32/h3-6,9,13,16-17,22-23,25H,7-8,10-12H2,1-2H3,(H2,33,38)/t13-,16?,17?,22?,26?,27?/m1/s1. The molecule has 204 valence electrons. The summed E-state index contributed by atoms with van der Waals surface area (Å²) in [4.78, 5) is 30.0. The number of primary amides is 1. The first-order chi connectivity index (χ1) is 17.9. The number of fused-ring (bicyclic) bond motifs is 1. The van der Waals surface area contributed by atoms with E-state index in [1.807, 2.05) is 7.05 Å². The highest BCUT2D eigenvalue weighted by atomic mass is 19.3. The van der Waals surface area contributed by atoms with Crippen molar-refractivity contribution in [2.24, 2.45) is 23.0 Å². The fraction of sp³-hybridized carbons (Fsp3) is 0.556. The van der Waals surface area contributed by atoms with Gasteiger partial charge in [-0.1, -0.05) is 18.2 Å². The van der Waals surface area contributed by atoms with Gasteiger partial charge in [-0.05, 0) is 45.1 Å². The van der Waals surface area contributed by atoms with Crippen molar-refractivity contribution >= 4 is 11.6 Å². The van der Waals surface area contributed by atoms with Crippen LogP contribution in [0, 0.1) is 23.1 Å². The summed E-state index contributed by atoms with van der Waals surface area (Å²) in [6.45, 7) is 3.19. The lowest BCUT2D eigenvalue weighted by Crippen LogP contribution is -2.71. The smallest absolute Gasteiger partial charge is 0.266 e. The highest BCUT2D eigenvalue weighted by molar-refractivity contribution is 5.98. The molecule has 1 aromatic heterocycles. The molecule has 4 saturated carbocycles. The molecule has 1 amide bonds. The molecule has 1 saturated heterocycles. The number of carbonyl (C=O) groups excluding carboxylic acids is 1. The number of nitrogens with zero attached hydrogens (tertiary/aromatic N) is 3. The lowest BCUT2D eigenvalue weighted by molar-refractivity contribution is -0.254. The van der Waals surface area contributed by atoms with E-state index in [1.165, 1.54) is 29.0 Å². The van der Waals surface area contributed by atoms with E-state index < -0.39 is 52.7 Å². The zero-order valence-electron chi connectivity index (χ0n) is 21.0. The van der Waals surface area contributed by atoms with Gasteiger partial charge >= 0.3 is 0 Å². The maximum Gasteiger partial charge on any atom is 0.266 e. The Morgan fingerprint density at radius 2 is 1.71 bits per heavy atom. The van der Waals surface area contributed by atoms with Gasteiger partial charge < -0.3 is 20.1 Å². The normalized spacial score (nSPS) is 32.1. The summed E-state index contributed by atoms with van der Waals surface area (Å²) in [5.74, 6) is -1.46. The van der Waals surface area contributed by atoms with E-state index >= 15 is 4.39 Å². The number of halogens is 5. The van der Waals surface area contributed by atoms with Crippen LogP contribution in [0.3, 0.4) is 0 Å². The number of carbonyl (C=O) groups is 1. The predicted molar refractivity (Wildman–Crippen MR) is 130 cm³/mol. The highest BCUT2D eigenvalue weighted by Gasteiger charge is 2.73. The number of alkyl halides is 4. The second-order valence-corrected chi connectivity index (χ2v) is 11.7. The van der Waals surface area contributed by atoms with Crippen molar-refractivity contribution in [3.05, 3.63) is 63.3 Å². The summed E-state index contributed by atoms with van der Waals surface area (Å²) >= 11 is 0. The van der Waals surface area contributed by atoms with E-state index in [0.29, 0.717) is 0 Å². The summed E-state index contributed by atoms with van der Waals surface area (Å²) in [6, 6.07) is 4.16. The molecule has 2 heterocycles. The number of benzene rings is 1. The van der Waals surface area contributed by atoms with E-state index in [2.05, 4.69) is 4.90 Å². The Morgan fingerprint density at radius 1 is 1.11 bits per heavy atom. The average molecular weight is 537 g/mol. The van der Waals surface area contributed by atoms with Crippen LogP contribution in [0.25, 0.3) is 0 Å². The van der Waals surface area contributed by atoms with Crippen LogP contribution in [0.2, 0.25) is 0 Å². The molecule has 3 atom stereocenters. The van der Waals surface area contributed by atoms with E-state index in [9.17, 15) is 27.2 Å². The molecule has 4 aliphatic carbocycles. The van der Waals surface area contributed by atoms with E-state index in [0.717, 1.165) is 19.2 Å². The summed E-state index contributed by atoms with van der Waals surface area (Å²) in [7, 11) is 1.98. The van der Waals surface area contributed by atoms with Gasteiger partial charge in [0, 0.05) is 47.9 Å². The van der Waals surface area contributed by atoms with Gasteiger partial charge in [0.1, 0.15) is 5.82 Å². The van der Waals surface area contributed by atoms with Crippen LogP contribution in [-0.4, -0.2) is 48.0 Å². The number of hydrogen-bond donors (Lipinski definition) is 1. The summed E-state index contributed by atoms with van der Waals surface area (Å²) < 4.78 is 70.4. The fourth-order valence-electron chi connectivity index (χ4n) is 7.55. The van der Waals surface area contributed by atoms with Gasteiger partial charge in [-0.2, -0.15) is 0 Å². The van der Waals surface area contributed by atoms with Crippen LogP contribution in [-0.2, 0) is 5.54 Å². The number of rotatable bonds is 8. The Balaban J connectivity index is 1.44. The lowest BCUT2D eigenvalue weighted by Gasteiger charge is -2.70. The quantitative estimate of drug-likeness (QED) is 0.511. The van der Waals surface area contributed by atoms with Gasteiger partial charge in [-0.3, -0.25) is 9.59 Å². The van der Waals surface area contributed by atoms with Crippen LogP contribution in [0.4, 0.5) is 27.6 Å². The first-order valence-corrected chi connectivity index (χ1v) is 12.8. The van der Waals surface area contributed by atoms with E-state index in [4.69, 9.17) is 5.73 Å². The van der Waals surface area contributed by atoms with Gasteiger partial charge in [-0.15, -0.1) is 0 Å². The van der Waals surface area contributed by atoms with Crippen LogP contribution < -0.4 is 16.2 Å². The van der Waals surface area contributed by atoms with Crippen LogP contribution in [0.1, 0.15) is 60.1 Å².